The van der Waals surface area contributed by atoms with E-state index in [-0.39, 0.29) is 17.7 Å². The molecule has 0 bridgehead atoms. The van der Waals surface area contributed by atoms with E-state index in [9.17, 15) is 14.7 Å². The molecule has 1 aromatic carbocycles. The first-order chi connectivity index (χ1) is 12.0. The molecule has 2 heterocycles. The van der Waals surface area contributed by atoms with E-state index in [1.54, 1.807) is 15.8 Å². The number of fused-ring (bicyclic) bond motifs is 1. The Hall–Kier alpha value is -2.63. The number of carbonyl (C=O) groups is 2. The Balaban J connectivity index is 1.56. The lowest BCUT2D eigenvalue weighted by molar-refractivity contribution is -0.146. The Bertz CT molecular complexity index is 829. The summed E-state index contributed by atoms with van der Waals surface area (Å²) >= 11 is 0. The quantitative estimate of drug-likeness (QED) is 0.925. The van der Waals surface area contributed by atoms with Crippen molar-refractivity contribution in [2.75, 3.05) is 13.1 Å². The average Bonchev–Trinajstić information content (AvgIpc) is 3.02. The first-order valence-corrected chi connectivity index (χ1v) is 8.61. The average molecular weight is 339 g/mol. The number of piperidine rings is 1. The standard InChI is InChI=1S/C19H21N3O3/c1-21-9-15(8-20-21)13-6-14(19(24)25)11-22(10-13)18(23)17-7-12-4-2-3-5-16(12)17/h2-5,8-9,13-14,17H,6-7,10-11H2,1H3,(H,24,25). The third-order valence-corrected chi connectivity index (χ3v) is 5.46. The van der Waals surface area contributed by atoms with E-state index in [4.69, 9.17) is 0 Å². The van der Waals surface area contributed by atoms with Gasteiger partial charge in [-0.25, -0.2) is 0 Å². The second-order valence-corrected chi connectivity index (χ2v) is 7.11. The highest BCUT2D eigenvalue weighted by atomic mass is 16.4. The van der Waals surface area contributed by atoms with Crippen molar-refractivity contribution in [2.45, 2.75) is 24.7 Å². The summed E-state index contributed by atoms with van der Waals surface area (Å²) in [5.41, 5.74) is 3.31. The number of carbonyl (C=O) groups excluding carboxylic acids is 1. The topological polar surface area (TPSA) is 75.4 Å². The summed E-state index contributed by atoms with van der Waals surface area (Å²) in [5, 5.41) is 13.7. The van der Waals surface area contributed by atoms with Gasteiger partial charge in [-0.1, -0.05) is 24.3 Å². The molecular weight excluding hydrogens is 318 g/mol. The first kappa shape index (κ1) is 15.9. The summed E-state index contributed by atoms with van der Waals surface area (Å²) in [7, 11) is 1.84. The van der Waals surface area contributed by atoms with Gasteiger partial charge in [0.15, 0.2) is 0 Å². The van der Waals surface area contributed by atoms with E-state index in [0.29, 0.717) is 19.5 Å². The van der Waals surface area contributed by atoms with Crippen molar-refractivity contribution in [1.82, 2.24) is 14.7 Å². The zero-order chi connectivity index (χ0) is 17.6. The normalized spacial score (nSPS) is 25.2. The van der Waals surface area contributed by atoms with Crippen molar-refractivity contribution < 1.29 is 14.7 Å². The minimum absolute atomic E-state index is 0.0165. The molecule has 0 radical (unpaired) electrons. The van der Waals surface area contributed by atoms with Crippen LogP contribution >= 0.6 is 0 Å². The minimum Gasteiger partial charge on any atom is -0.481 e. The molecule has 3 unspecified atom stereocenters. The number of hydrogen-bond acceptors (Lipinski definition) is 3. The summed E-state index contributed by atoms with van der Waals surface area (Å²) in [6.45, 7) is 0.858. The number of nitrogens with zero attached hydrogens (tertiary/aromatic N) is 3. The van der Waals surface area contributed by atoms with Crippen LogP contribution in [-0.4, -0.2) is 44.8 Å². The van der Waals surface area contributed by atoms with Gasteiger partial charge in [-0.2, -0.15) is 5.10 Å². The summed E-state index contributed by atoms with van der Waals surface area (Å²) in [6, 6.07) is 7.98. The Morgan fingerprint density at radius 3 is 2.72 bits per heavy atom. The van der Waals surface area contributed by atoms with Gasteiger partial charge in [-0.05, 0) is 29.5 Å². The number of benzene rings is 1. The summed E-state index contributed by atoms with van der Waals surface area (Å²) in [4.78, 5) is 26.4. The van der Waals surface area contributed by atoms with E-state index in [1.807, 2.05) is 37.5 Å². The maximum Gasteiger partial charge on any atom is 0.308 e. The number of amides is 1. The van der Waals surface area contributed by atoms with Crippen LogP contribution in [0.5, 0.6) is 0 Å². The van der Waals surface area contributed by atoms with E-state index in [0.717, 1.165) is 17.5 Å². The summed E-state index contributed by atoms with van der Waals surface area (Å²) in [5.74, 6) is -1.42. The predicted molar refractivity (Wildman–Crippen MR) is 91.2 cm³/mol. The number of hydrogen-bond donors (Lipinski definition) is 1. The lowest BCUT2D eigenvalue weighted by Crippen LogP contribution is -2.48. The van der Waals surface area contributed by atoms with Crippen molar-refractivity contribution >= 4 is 11.9 Å². The molecule has 1 aliphatic carbocycles. The molecule has 6 heteroatoms. The number of aryl methyl sites for hydroxylation is 1. The summed E-state index contributed by atoms with van der Waals surface area (Å²) < 4.78 is 1.72. The molecule has 1 saturated heterocycles. The molecule has 6 nitrogen and oxygen atoms in total. The maximum absolute atomic E-state index is 13.0. The van der Waals surface area contributed by atoms with Gasteiger partial charge in [-0.15, -0.1) is 0 Å². The number of rotatable bonds is 3. The van der Waals surface area contributed by atoms with Crippen LogP contribution in [-0.2, 0) is 23.1 Å². The Morgan fingerprint density at radius 2 is 2.04 bits per heavy atom. The monoisotopic (exact) mass is 339 g/mol. The number of aromatic nitrogens is 2. The fourth-order valence-electron chi connectivity index (χ4n) is 4.05. The van der Waals surface area contributed by atoms with Gasteiger partial charge in [0.25, 0.3) is 0 Å². The third-order valence-electron chi connectivity index (χ3n) is 5.46. The van der Waals surface area contributed by atoms with Crippen LogP contribution in [0.2, 0.25) is 0 Å². The van der Waals surface area contributed by atoms with Crippen LogP contribution < -0.4 is 0 Å². The lowest BCUT2D eigenvalue weighted by atomic mass is 9.76. The van der Waals surface area contributed by atoms with Crippen LogP contribution in [0.3, 0.4) is 0 Å². The number of likely N-dealkylation sites (tertiary alicyclic amines) is 1. The van der Waals surface area contributed by atoms with Gasteiger partial charge in [0.05, 0.1) is 18.0 Å². The van der Waals surface area contributed by atoms with Crippen LogP contribution in [0.4, 0.5) is 0 Å². The molecule has 3 atom stereocenters. The lowest BCUT2D eigenvalue weighted by Gasteiger charge is -2.40. The van der Waals surface area contributed by atoms with Crippen LogP contribution in [0.25, 0.3) is 0 Å². The molecule has 1 aliphatic heterocycles. The van der Waals surface area contributed by atoms with Gasteiger partial charge in [0.1, 0.15) is 0 Å². The van der Waals surface area contributed by atoms with Crippen LogP contribution in [0.1, 0.15) is 34.9 Å². The molecule has 0 saturated carbocycles. The van der Waals surface area contributed by atoms with Crippen LogP contribution in [0, 0.1) is 5.92 Å². The highest BCUT2D eigenvalue weighted by Gasteiger charge is 2.40. The highest BCUT2D eigenvalue weighted by molar-refractivity contribution is 5.87. The van der Waals surface area contributed by atoms with Gasteiger partial charge in [0.2, 0.25) is 5.91 Å². The zero-order valence-electron chi connectivity index (χ0n) is 14.1. The molecular formula is C19H21N3O3. The molecule has 4 rings (SSSR count). The number of carboxylic acid groups (broad SMARTS) is 1. The minimum atomic E-state index is -0.833. The smallest absolute Gasteiger partial charge is 0.308 e. The maximum atomic E-state index is 13.0. The van der Waals surface area contributed by atoms with E-state index >= 15 is 0 Å². The second kappa shape index (κ2) is 6.02. The molecule has 1 N–H and O–H groups in total. The zero-order valence-corrected chi connectivity index (χ0v) is 14.1. The van der Waals surface area contributed by atoms with Gasteiger partial charge in [-0.3, -0.25) is 14.3 Å². The van der Waals surface area contributed by atoms with Crippen molar-refractivity contribution in [3.05, 3.63) is 53.3 Å². The molecule has 1 fully saturated rings. The fourth-order valence-corrected chi connectivity index (χ4v) is 4.05. The molecule has 2 aliphatic rings. The Labute approximate surface area is 146 Å². The fraction of sp³-hybridized carbons (Fsp3) is 0.421. The van der Waals surface area contributed by atoms with E-state index in [1.165, 1.54) is 5.56 Å². The third kappa shape index (κ3) is 2.81. The summed E-state index contributed by atoms with van der Waals surface area (Å²) in [6.07, 6.45) is 4.99. The van der Waals surface area contributed by atoms with E-state index < -0.39 is 11.9 Å². The molecule has 2 aromatic rings. The molecule has 1 aromatic heterocycles. The van der Waals surface area contributed by atoms with Gasteiger partial charge < -0.3 is 10.0 Å². The predicted octanol–water partition coefficient (Wildman–Crippen LogP) is 1.78. The van der Waals surface area contributed by atoms with Crippen LogP contribution in [0.15, 0.2) is 36.7 Å². The number of aliphatic carboxylic acids is 1. The molecule has 130 valence electrons. The highest BCUT2D eigenvalue weighted by Crippen LogP contribution is 2.38. The van der Waals surface area contributed by atoms with Crippen molar-refractivity contribution in [3.8, 4) is 0 Å². The number of carboxylic acids is 1. The largest absolute Gasteiger partial charge is 0.481 e. The Kier molecular flexibility index (Phi) is 3.82. The molecule has 1 amide bonds. The van der Waals surface area contributed by atoms with Crippen molar-refractivity contribution in [1.29, 1.82) is 0 Å². The van der Waals surface area contributed by atoms with E-state index in [2.05, 4.69) is 5.10 Å². The SMILES string of the molecule is Cn1cc(C2CC(C(=O)O)CN(C(=O)C3Cc4ccccc43)C2)cn1. The molecule has 0 spiro atoms. The van der Waals surface area contributed by atoms with Gasteiger partial charge in [0, 0.05) is 32.3 Å². The Morgan fingerprint density at radius 1 is 1.24 bits per heavy atom. The molecule has 25 heavy (non-hydrogen) atoms. The van der Waals surface area contributed by atoms with Crippen molar-refractivity contribution in [2.24, 2.45) is 13.0 Å². The first-order valence-electron chi connectivity index (χ1n) is 8.61. The van der Waals surface area contributed by atoms with Gasteiger partial charge >= 0.3 is 5.97 Å². The van der Waals surface area contributed by atoms with Crippen molar-refractivity contribution in [3.63, 3.8) is 0 Å². The second-order valence-electron chi connectivity index (χ2n) is 7.11.